The fourth-order valence-electron chi connectivity index (χ4n) is 3.73. The summed E-state index contributed by atoms with van der Waals surface area (Å²) in [5.74, 6) is -0.238. The molecular weight excluding hydrogens is 510 g/mol. The van der Waals surface area contributed by atoms with Gasteiger partial charge in [0.25, 0.3) is 5.91 Å². The molecule has 0 radical (unpaired) electrons. The minimum Gasteiger partial charge on any atom is -0.487 e. The van der Waals surface area contributed by atoms with Crippen molar-refractivity contribution < 1.29 is 32.6 Å². The Hall–Kier alpha value is -4.35. The summed E-state index contributed by atoms with van der Waals surface area (Å²) in [5.41, 5.74) is 4.35. The van der Waals surface area contributed by atoms with Gasteiger partial charge in [-0.1, -0.05) is 30.3 Å². The number of benzene rings is 3. The molecule has 0 spiro atoms. The van der Waals surface area contributed by atoms with E-state index < -0.39 is 28.3 Å². The first kappa shape index (κ1) is 26.7. The number of hydrazine groups is 1. The molecule has 4 aromatic rings. The molecule has 11 heteroatoms. The molecule has 0 aliphatic carbocycles. The Morgan fingerprint density at radius 1 is 1.00 bits per heavy atom. The Labute approximate surface area is 219 Å². The summed E-state index contributed by atoms with van der Waals surface area (Å²) in [6.45, 7) is 1.84. The first-order chi connectivity index (χ1) is 18.1. The molecule has 0 aliphatic heterocycles. The lowest BCUT2D eigenvalue weighted by molar-refractivity contribution is -0.136. The number of rotatable bonds is 11. The lowest BCUT2D eigenvalue weighted by Crippen LogP contribution is -2.45. The number of hydrogen-bond donors (Lipinski definition) is 3. The van der Waals surface area contributed by atoms with Crippen molar-refractivity contribution >= 4 is 32.6 Å². The van der Waals surface area contributed by atoms with Crippen molar-refractivity contribution in [3.63, 3.8) is 0 Å². The minimum absolute atomic E-state index is 0.179. The van der Waals surface area contributed by atoms with E-state index in [9.17, 15) is 18.0 Å². The number of aromatic nitrogens is 1. The third kappa shape index (κ3) is 6.50. The first-order valence-corrected chi connectivity index (χ1v) is 13.6. The van der Waals surface area contributed by atoms with E-state index in [1.165, 1.54) is 17.1 Å². The molecule has 38 heavy (non-hydrogen) atoms. The zero-order valence-corrected chi connectivity index (χ0v) is 21.6. The van der Waals surface area contributed by atoms with Gasteiger partial charge in [-0.2, -0.15) is 0 Å². The zero-order valence-electron chi connectivity index (χ0n) is 20.8. The summed E-state index contributed by atoms with van der Waals surface area (Å²) < 4.78 is 35.6. The van der Waals surface area contributed by atoms with E-state index in [0.717, 1.165) is 11.8 Å². The van der Waals surface area contributed by atoms with Crippen LogP contribution in [0, 0.1) is 0 Å². The zero-order chi connectivity index (χ0) is 27.3. The number of aromatic amines is 1. The number of fused-ring (bicyclic) bond motifs is 1. The van der Waals surface area contributed by atoms with Crippen LogP contribution in [-0.4, -0.2) is 54.7 Å². The lowest BCUT2D eigenvalue weighted by Gasteiger charge is -2.19. The van der Waals surface area contributed by atoms with E-state index in [1.54, 1.807) is 37.3 Å². The Balaban J connectivity index is 1.67. The smallest absolute Gasteiger partial charge is 0.319 e. The van der Waals surface area contributed by atoms with E-state index in [4.69, 9.17) is 14.6 Å². The highest BCUT2D eigenvalue weighted by molar-refractivity contribution is 7.90. The molecule has 1 heterocycles. The van der Waals surface area contributed by atoms with Gasteiger partial charge in [-0.3, -0.25) is 14.6 Å². The number of hydrogen-bond acceptors (Lipinski definition) is 7. The van der Waals surface area contributed by atoms with Gasteiger partial charge in [-0.25, -0.2) is 13.8 Å². The Kier molecular flexibility index (Phi) is 7.99. The predicted molar refractivity (Wildman–Crippen MR) is 141 cm³/mol. The number of aliphatic carboxylic acids is 1. The minimum atomic E-state index is -3.34. The van der Waals surface area contributed by atoms with Crippen molar-refractivity contribution in [1.82, 2.24) is 15.4 Å². The van der Waals surface area contributed by atoms with Crippen LogP contribution in [0.1, 0.15) is 23.0 Å². The largest absolute Gasteiger partial charge is 0.487 e. The predicted octanol–water partition coefficient (Wildman–Crippen LogP) is 3.99. The van der Waals surface area contributed by atoms with E-state index in [-0.39, 0.29) is 23.7 Å². The van der Waals surface area contributed by atoms with Crippen LogP contribution < -0.4 is 14.9 Å². The molecule has 1 amide bonds. The molecule has 10 nitrogen and oxygen atoms in total. The summed E-state index contributed by atoms with van der Waals surface area (Å²) in [6.07, 6.45) is 1.13. The Bertz CT molecular complexity index is 1550. The normalized spacial score (nSPS) is 11.3. The van der Waals surface area contributed by atoms with Gasteiger partial charge in [0.2, 0.25) is 0 Å². The maximum atomic E-state index is 13.1. The van der Waals surface area contributed by atoms with Gasteiger partial charge in [0, 0.05) is 24.3 Å². The van der Waals surface area contributed by atoms with Crippen molar-refractivity contribution in [3.05, 3.63) is 84.1 Å². The van der Waals surface area contributed by atoms with Crippen LogP contribution in [0.3, 0.4) is 0 Å². The maximum absolute atomic E-state index is 13.1. The number of carboxylic acids is 1. The van der Waals surface area contributed by atoms with Crippen LogP contribution in [0.15, 0.2) is 77.7 Å². The van der Waals surface area contributed by atoms with E-state index in [1.807, 2.05) is 30.3 Å². The van der Waals surface area contributed by atoms with Crippen LogP contribution in [0.4, 0.5) is 0 Å². The van der Waals surface area contributed by atoms with Gasteiger partial charge in [-0.05, 0) is 48.9 Å². The molecule has 198 valence electrons. The number of carbonyl (C=O) groups is 2. The highest BCUT2D eigenvalue weighted by Crippen LogP contribution is 2.34. The third-order valence-corrected chi connectivity index (χ3v) is 6.73. The van der Waals surface area contributed by atoms with Crippen LogP contribution in [0.2, 0.25) is 0 Å². The van der Waals surface area contributed by atoms with Gasteiger partial charge in [0.1, 0.15) is 36.1 Å². The number of carboxylic acid groups (broad SMARTS) is 1. The quantitative estimate of drug-likeness (QED) is 0.244. The topological polar surface area (TPSA) is 138 Å². The average molecular weight is 538 g/mol. The van der Waals surface area contributed by atoms with E-state index in [0.29, 0.717) is 28.2 Å². The van der Waals surface area contributed by atoms with E-state index in [2.05, 4.69) is 10.4 Å². The first-order valence-electron chi connectivity index (χ1n) is 11.7. The highest BCUT2D eigenvalue weighted by atomic mass is 32.2. The Morgan fingerprint density at radius 2 is 1.71 bits per heavy atom. The van der Waals surface area contributed by atoms with Crippen molar-refractivity contribution in [1.29, 1.82) is 0 Å². The molecule has 4 rings (SSSR count). The van der Waals surface area contributed by atoms with Crippen LogP contribution in [0.5, 0.6) is 17.2 Å². The molecule has 0 aliphatic rings. The van der Waals surface area contributed by atoms with Crippen LogP contribution in [-0.2, 0) is 21.2 Å². The Morgan fingerprint density at radius 3 is 2.34 bits per heavy atom. The number of ether oxygens (including phenoxy) is 2. The summed E-state index contributed by atoms with van der Waals surface area (Å²) >= 11 is 0. The van der Waals surface area contributed by atoms with Crippen molar-refractivity contribution in [3.8, 4) is 17.2 Å². The van der Waals surface area contributed by atoms with Crippen LogP contribution >= 0.6 is 0 Å². The van der Waals surface area contributed by atoms with E-state index >= 15 is 0 Å². The van der Waals surface area contributed by atoms with Crippen molar-refractivity contribution in [2.45, 2.75) is 18.4 Å². The molecule has 0 unspecified atom stereocenters. The maximum Gasteiger partial charge on any atom is 0.319 e. The average Bonchev–Trinajstić information content (AvgIpc) is 3.32. The second-order valence-electron chi connectivity index (χ2n) is 8.47. The van der Waals surface area contributed by atoms with Gasteiger partial charge in [-0.15, -0.1) is 0 Å². The lowest BCUT2D eigenvalue weighted by atomic mass is 10.2. The SMILES string of the molecule is CCN(NCC(=O)O)C(=O)c1cc2cc(Oc3ccc(S(C)(=O)=O)cc3)cc(OCc3ccccc3)c2[nH]1. The highest BCUT2D eigenvalue weighted by Gasteiger charge is 2.20. The molecule has 0 atom stereocenters. The fraction of sp³-hybridized carbons (Fsp3) is 0.185. The third-order valence-electron chi connectivity index (χ3n) is 5.60. The van der Waals surface area contributed by atoms with Crippen molar-refractivity contribution in [2.75, 3.05) is 19.3 Å². The molecule has 0 saturated heterocycles. The van der Waals surface area contributed by atoms with Crippen LogP contribution in [0.25, 0.3) is 10.9 Å². The molecule has 0 fully saturated rings. The number of H-pyrrole nitrogens is 1. The summed E-state index contributed by atoms with van der Waals surface area (Å²) in [6, 6.07) is 20.7. The summed E-state index contributed by atoms with van der Waals surface area (Å²) in [5, 5.41) is 10.8. The van der Waals surface area contributed by atoms with Gasteiger partial charge in [0.15, 0.2) is 9.84 Å². The molecule has 3 N–H and O–H groups in total. The molecule has 3 aromatic carbocycles. The molecular formula is C27H27N3O7S. The van der Waals surface area contributed by atoms with Gasteiger partial charge in [0.05, 0.1) is 10.4 Å². The fourth-order valence-corrected chi connectivity index (χ4v) is 4.36. The summed E-state index contributed by atoms with van der Waals surface area (Å²) in [4.78, 5) is 27.3. The molecule has 0 bridgehead atoms. The monoisotopic (exact) mass is 537 g/mol. The van der Waals surface area contributed by atoms with Gasteiger partial charge < -0.3 is 19.6 Å². The number of nitrogens with one attached hydrogen (secondary N) is 2. The molecule has 0 saturated carbocycles. The molecule has 1 aromatic heterocycles. The number of nitrogens with zero attached hydrogens (tertiary/aromatic N) is 1. The standard InChI is InChI=1S/C27H27N3O7S/c1-3-30(28-16-25(31)32)27(33)23-14-19-13-21(37-20-9-11-22(12-10-20)38(2,34)35)15-24(26(19)29-23)36-17-18-7-5-4-6-8-18/h4-15,28-29H,3,16-17H2,1-2H3,(H,31,32). The number of amides is 1. The number of sulfone groups is 1. The summed E-state index contributed by atoms with van der Waals surface area (Å²) in [7, 11) is -3.34. The number of carbonyl (C=O) groups excluding carboxylic acids is 1. The second kappa shape index (κ2) is 11.4. The van der Waals surface area contributed by atoms with Gasteiger partial charge >= 0.3 is 5.97 Å². The second-order valence-corrected chi connectivity index (χ2v) is 10.5. The van der Waals surface area contributed by atoms with Crippen molar-refractivity contribution in [2.24, 2.45) is 0 Å².